The monoisotopic (exact) mass is 329 g/mol. The van der Waals surface area contributed by atoms with Gasteiger partial charge in [0, 0.05) is 18.0 Å². The lowest BCUT2D eigenvalue weighted by Crippen LogP contribution is -2.36. The molecule has 0 unspecified atom stereocenters. The molecule has 1 heterocycles. The first-order valence-electron chi connectivity index (χ1n) is 9.22. The second-order valence-electron chi connectivity index (χ2n) is 7.13. The predicted octanol–water partition coefficient (Wildman–Crippen LogP) is 4.84. The maximum Gasteiger partial charge on any atom is 0.164 e. The molecule has 1 aliphatic heterocycles. The van der Waals surface area contributed by atoms with Gasteiger partial charge < -0.3 is 4.90 Å². The quantitative estimate of drug-likeness (QED) is 0.378. The highest BCUT2D eigenvalue weighted by molar-refractivity contribution is 6.05. The summed E-state index contributed by atoms with van der Waals surface area (Å²) in [5.41, 5.74) is 1.97. The Labute approximate surface area is 151 Å². The van der Waals surface area contributed by atoms with Crippen LogP contribution in [0.15, 0.2) is 36.0 Å². The van der Waals surface area contributed by atoms with Crippen LogP contribution in [0.2, 0.25) is 6.82 Å². The Bertz CT molecular complexity index is 441. The van der Waals surface area contributed by atoms with Crippen LogP contribution in [-0.2, 0) is 4.79 Å². The van der Waals surface area contributed by atoms with Gasteiger partial charge >= 0.3 is 0 Å². The highest BCUT2D eigenvalue weighted by atomic mass is 16.1. The largest absolute Gasteiger partial charge is 0.303 e. The molecule has 1 fully saturated rings. The van der Waals surface area contributed by atoms with Gasteiger partial charge in [0.1, 0.15) is 0 Å². The van der Waals surface area contributed by atoms with Crippen molar-refractivity contribution in [2.75, 3.05) is 19.6 Å². The van der Waals surface area contributed by atoms with Gasteiger partial charge in [-0.05, 0) is 50.3 Å². The third-order valence-corrected chi connectivity index (χ3v) is 4.33. The first kappa shape index (κ1) is 22.9. The number of hydrogen-bond donors (Lipinski definition) is 0. The minimum Gasteiger partial charge on any atom is -0.303 e. The van der Waals surface area contributed by atoms with Crippen LogP contribution in [0.4, 0.5) is 0 Å². The minimum absolute atomic E-state index is 0.0190. The zero-order valence-corrected chi connectivity index (χ0v) is 16.6. The Kier molecular flexibility index (Phi) is 11.7. The van der Waals surface area contributed by atoms with Gasteiger partial charge in [0.15, 0.2) is 5.78 Å². The summed E-state index contributed by atoms with van der Waals surface area (Å²) in [7, 11) is 4.50. The molecule has 0 aromatic heterocycles. The molecule has 134 valence electrons. The van der Waals surface area contributed by atoms with E-state index in [0.717, 1.165) is 5.92 Å². The first-order chi connectivity index (χ1) is 11.3. The standard InChI is InChI=1S/C20H33NO.CH3B/c1-7-18(9-8-17(6)20(22)16(4)5)19-10-12-21(13-11-19)14-15(2)3;1-2/h7-9,15-16,19H,6,10-14H2,1-5H3;1H3/b9-8-,18-7+;. The molecule has 0 bridgehead atoms. The number of allylic oxidation sites excluding steroid dienone is 5. The summed E-state index contributed by atoms with van der Waals surface area (Å²) in [6.45, 7) is 19.5. The SMILES string of the molecule is C=C(/C=C\C(=C/C)C1CCN(CC(C)C)CC1)C(=O)C(C)C.[B]C. The molecule has 0 N–H and O–H groups in total. The van der Waals surface area contributed by atoms with E-state index in [1.165, 1.54) is 44.9 Å². The number of piperidine rings is 1. The molecule has 1 rings (SSSR count). The molecule has 1 aliphatic rings. The summed E-state index contributed by atoms with van der Waals surface area (Å²) in [6.07, 6.45) is 8.61. The summed E-state index contributed by atoms with van der Waals surface area (Å²) in [5.74, 6) is 1.51. The van der Waals surface area contributed by atoms with Crippen molar-refractivity contribution in [2.24, 2.45) is 17.8 Å². The van der Waals surface area contributed by atoms with Gasteiger partial charge in [0.05, 0.1) is 7.85 Å². The molecular weight excluding hydrogens is 293 g/mol. The summed E-state index contributed by atoms with van der Waals surface area (Å²) in [5, 5.41) is 0. The molecule has 24 heavy (non-hydrogen) atoms. The Morgan fingerprint density at radius 3 is 2.12 bits per heavy atom. The van der Waals surface area contributed by atoms with E-state index in [1.54, 1.807) is 0 Å². The van der Waals surface area contributed by atoms with Crippen LogP contribution in [0.1, 0.15) is 47.5 Å². The van der Waals surface area contributed by atoms with Crippen LogP contribution in [0, 0.1) is 17.8 Å². The molecule has 0 saturated carbocycles. The van der Waals surface area contributed by atoms with Gasteiger partial charge in [0.25, 0.3) is 0 Å². The molecule has 0 amide bonds. The number of ketones is 1. The van der Waals surface area contributed by atoms with Crippen molar-refractivity contribution in [2.45, 2.75) is 54.3 Å². The number of carbonyl (C=O) groups is 1. The van der Waals surface area contributed by atoms with Crippen molar-refractivity contribution in [3.63, 3.8) is 0 Å². The zero-order chi connectivity index (χ0) is 18.7. The van der Waals surface area contributed by atoms with E-state index < -0.39 is 0 Å². The van der Waals surface area contributed by atoms with E-state index in [-0.39, 0.29) is 11.7 Å². The second kappa shape index (κ2) is 12.3. The maximum atomic E-state index is 11.9. The average Bonchev–Trinajstić information content (AvgIpc) is 2.57. The maximum absolute atomic E-state index is 11.9. The lowest BCUT2D eigenvalue weighted by molar-refractivity contribution is -0.117. The number of rotatable bonds is 7. The second-order valence-corrected chi connectivity index (χ2v) is 7.13. The Balaban J connectivity index is 0.00000254. The topological polar surface area (TPSA) is 20.3 Å². The molecular formula is C21H36BNO. The predicted molar refractivity (Wildman–Crippen MR) is 108 cm³/mol. The highest BCUT2D eigenvalue weighted by Gasteiger charge is 2.21. The van der Waals surface area contributed by atoms with Gasteiger partial charge in [-0.1, -0.05) is 59.3 Å². The lowest BCUT2D eigenvalue weighted by Gasteiger charge is -2.33. The van der Waals surface area contributed by atoms with Crippen molar-refractivity contribution in [1.82, 2.24) is 4.90 Å². The molecule has 0 aromatic rings. The van der Waals surface area contributed by atoms with Crippen LogP contribution in [0.3, 0.4) is 0 Å². The van der Waals surface area contributed by atoms with Gasteiger partial charge in [-0.3, -0.25) is 4.79 Å². The Hall–Kier alpha value is -1.09. The van der Waals surface area contributed by atoms with Crippen LogP contribution in [0.25, 0.3) is 0 Å². The van der Waals surface area contributed by atoms with Crippen LogP contribution in [-0.4, -0.2) is 38.2 Å². The van der Waals surface area contributed by atoms with E-state index >= 15 is 0 Å². The number of likely N-dealkylation sites (tertiary alicyclic amines) is 1. The fraction of sp³-hybridized carbons (Fsp3) is 0.667. The van der Waals surface area contributed by atoms with Crippen molar-refractivity contribution in [3.05, 3.63) is 36.0 Å². The average molecular weight is 329 g/mol. The molecule has 3 heteroatoms. The normalized spacial score (nSPS) is 17.2. The summed E-state index contributed by atoms with van der Waals surface area (Å²) in [4.78, 5) is 14.5. The van der Waals surface area contributed by atoms with Crippen LogP contribution < -0.4 is 0 Å². The first-order valence-corrected chi connectivity index (χ1v) is 9.22. The van der Waals surface area contributed by atoms with E-state index in [9.17, 15) is 4.79 Å². The third-order valence-electron chi connectivity index (χ3n) is 4.33. The van der Waals surface area contributed by atoms with Gasteiger partial charge in [0.2, 0.25) is 0 Å². The molecule has 2 nitrogen and oxygen atoms in total. The minimum atomic E-state index is 0.0190. The van der Waals surface area contributed by atoms with Crippen LogP contribution >= 0.6 is 0 Å². The van der Waals surface area contributed by atoms with E-state index in [2.05, 4.69) is 52.2 Å². The molecule has 1 saturated heterocycles. The zero-order valence-electron chi connectivity index (χ0n) is 16.6. The molecule has 0 atom stereocenters. The van der Waals surface area contributed by atoms with E-state index in [1.807, 2.05) is 19.9 Å². The summed E-state index contributed by atoms with van der Waals surface area (Å²) >= 11 is 0. The summed E-state index contributed by atoms with van der Waals surface area (Å²) < 4.78 is 0. The number of nitrogens with zero attached hydrogens (tertiary/aromatic N) is 1. The number of Topliss-reactive ketones (excluding diaryl/α,β-unsaturated/α-hetero) is 1. The van der Waals surface area contributed by atoms with Crippen molar-refractivity contribution in [1.29, 1.82) is 0 Å². The molecule has 0 spiro atoms. The molecule has 0 aliphatic carbocycles. The lowest BCUT2D eigenvalue weighted by atomic mass is 9.87. The number of hydrogen-bond acceptors (Lipinski definition) is 2. The van der Waals surface area contributed by atoms with Crippen LogP contribution in [0.5, 0.6) is 0 Å². The van der Waals surface area contributed by atoms with E-state index in [4.69, 9.17) is 0 Å². The van der Waals surface area contributed by atoms with E-state index in [0.29, 0.717) is 11.5 Å². The smallest absolute Gasteiger partial charge is 0.164 e. The Morgan fingerprint density at radius 1 is 1.17 bits per heavy atom. The molecule has 2 radical (unpaired) electrons. The molecule has 0 aromatic carbocycles. The van der Waals surface area contributed by atoms with Crippen molar-refractivity contribution in [3.8, 4) is 0 Å². The van der Waals surface area contributed by atoms with Gasteiger partial charge in [-0.25, -0.2) is 0 Å². The highest BCUT2D eigenvalue weighted by Crippen LogP contribution is 2.26. The van der Waals surface area contributed by atoms with Gasteiger partial charge in [-0.15, -0.1) is 0 Å². The fourth-order valence-corrected chi connectivity index (χ4v) is 3.08. The van der Waals surface area contributed by atoms with Crippen molar-refractivity contribution >= 4 is 13.6 Å². The summed E-state index contributed by atoms with van der Waals surface area (Å²) in [6, 6.07) is 0. The van der Waals surface area contributed by atoms with Gasteiger partial charge in [-0.2, -0.15) is 0 Å². The van der Waals surface area contributed by atoms with Crippen molar-refractivity contribution < 1.29 is 4.79 Å². The fourth-order valence-electron chi connectivity index (χ4n) is 3.08. The third kappa shape index (κ3) is 8.14. The number of carbonyl (C=O) groups excluding carboxylic acids is 1. The Morgan fingerprint density at radius 2 is 1.71 bits per heavy atom.